The first-order chi connectivity index (χ1) is 11.4. The number of aldehydes is 1. The lowest BCUT2D eigenvalue weighted by Gasteiger charge is -2.25. The van der Waals surface area contributed by atoms with Gasteiger partial charge < -0.3 is 14.3 Å². The molecule has 0 fully saturated rings. The fourth-order valence-corrected chi connectivity index (χ4v) is 2.92. The third-order valence-electron chi connectivity index (χ3n) is 3.23. The lowest BCUT2D eigenvalue weighted by molar-refractivity contribution is -0.106. The Balaban J connectivity index is 0.000000891. The molecule has 6 heteroatoms. The number of benzene rings is 2. The van der Waals surface area contributed by atoms with Gasteiger partial charge in [-0.25, -0.2) is 0 Å². The molecule has 24 heavy (non-hydrogen) atoms. The highest BCUT2D eigenvalue weighted by atomic mass is 35.6. The Bertz CT molecular complexity index is 572. The number of methoxy groups -OCH3 is 2. The summed E-state index contributed by atoms with van der Waals surface area (Å²) < 4.78 is 8.85. The highest BCUT2D eigenvalue weighted by molar-refractivity contribution is 6.68. The Kier molecular flexibility index (Phi) is 8.40. The third-order valence-corrected chi connectivity index (χ3v) is 3.88. The predicted molar refractivity (Wildman–Crippen MR) is 99.9 cm³/mol. The first-order valence-corrected chi connectivity index (χ1v) is 8.25. The van der Waals surface area contributed by atoms with Crippen molar-refractivity contribution < 1.29 is 14.3 Å². The molecule has 0 saturated heterocycles. The van der Waals surface area contributed by atoms with Gasteiger partial charge in [0.05, 0.1) is 20.1 Å². The van der Waals surface area contributed by atoms with Crippen molar-refractivity contribution in [2.45, 2.75) is 16.6 Å². The SMILES string of the molecule is CC=O.COc1ccc(C(c2ccc(OC)cc2)C(Cl)(Cl)Cl)cc1. The molecule has 0 amide bonds. The van der Waals surface area contributed by atoms with Crippen LogP contribution >= 0.6 is 34.8 Å². The Morgan fingerprint density at radius 1 is 0.833 bits per heavy atom. The van der Waals surface area contributed by atoms with Crippen molar-refractivity contribution in [2.24, 2.45) is 0 Å². The van der Waals surface area contributed by atoms with E-state index in [1.54, 1.807) is 14.2 Å². The normalized spacial score (nSPS) is 10.6. The zero-order valence-corrected chi connectivity index (χ0v) is 15.9. The molecule has 0 saturated carbocycles. The van der Waals surface area contributed by atoms with Crippen LogP contribution in [0.3, 0.4) is 0 Å². The number of hydrogen-bond donors (Lipinski definition) is 0. The molecule has 0 spiro atoms. The van der Waals surface area contributed by atoms with Crippen molar-refractivity contribution in [1.29, 1.82) is 0 Å². The zero-order valence-electron chi connectivity index (χ0n) is 13.6. The molecular formula is C18H19Cl3O3. The molecule has 0 heterocycles. The van der Waals surface area contributed by atoms with Crippen LogP contribution in [0, 0.1) is 0 Å². The molecule has 0 atom stereocenters. The fourth-order valence-electron chi connectivity index (χ4n) is 2.16. The number of alkyl halides is 3. The molecule has 0 radical (unpaired) electrons. The summed E-state index contributed by atoms with van der Waals surface area (Å²) in [4.78, 5) is 8.81. The van der Waals surface area contributed by atoms with Gasteiger partial charge in [0.1, 0.15) is 17.8 Å². The lowest BCUT2D eigenvalue weighted by atomic mass is 9.92. The Labute approximate surface area is 157 Å². The minimum atomic E-state index is -1.46. The van der Waals surface area contributed by atoms with Gasteiger partial charge in [-0.3, -0.25) is 0 Å². The summed E-state index contributed by atoms with van der Waals surface area (Å²) in [6.45, 7) is 1.44. The molecule has 3 nitrogen and oxygen atoms in total. The zero-order chi connectivity index (χ0) is 18.2. The second kappa shape index (κ2) is 9.77. The maximum atomic E-state index is 8.81. The van der Waals surface area contributed by atoms with Gasteiger partial charge in [-0.05, 0) is 42.3 Å². The number of carbonyl (C=O) groups is 1. The highest BCUT2D eigenvalue weighted by Gasteiger charge is 2.35. The molecule has 0 aliphatic rings. The van der Waals surface area contributed by atoms with Crippen LogP contribution in [0.5, 0.6) is 11.5 Å². The van der Waals surface area contributed by atoms with Gasteiger partial charge in [-0.1, -0.05) is 59.1 Å². The van der Waals surface area contributed by atoms with Crippen LogP contribution in [0.1, 0.15) is 24.0 Å². The van der Waals surface area contributed by atoms with Crippen molar-refractivity contribution in [3.8, 4) is 11.5 Å². The van der Waals surface area contributed by atoms with E-state index in [-0.39, 0.29) is 5.92 Å². The molecular weight excluding hydrogens is 371 g/mol. The average molecular weight is 390 g/mol. The molecule has 0 aliphatic heterocycles. The van der Waals surface area contributed by atoms with Crippen molar-refractivity contribution in [3.63, 3.8) is 0 Å². The number of halogens is 3. The van der Waals surface area contributed by atoms with E-state index < -0.39 is 3.79 Å². The predicted octanol–water partition coefficient (Wildman–Crippen LogP) is 5.41. The average Bonchev–Trinajstić information content (AvgIpc) is 2.56. The van der Waals surface area contributed by atoms with Crippen molar-refractivity contribution in [1.82, 2.24) is 0 Å². The fraction of sp³-hybridized carbons (Fsp3) is 0.278. The summed E-state index contributed by atoms with van der Waals surface area (Å²) in [6, 6.07) is 15.0. The third kappa shape index (κ3) is 5.90. The van der Waals surface area contributed by atoms with Gasteiger partial charge in [0.15, 0.2) is 0 Å². The van der Waals surface area contributed by atoms with Crippen LogP contribution in [-0.2, 0) is 4.79 Å². The molecule has 0 N–H and O–H groups in total. The molecule has 2 aromatic carbocycles. The first kappa shape index (κ1) is 20.6. The van der Waals surface area contributed by atoms with Crippen LogP contribution in [-0.4, -0.2) is 24.3 Å². The summed E-state index contributed by atoms with van der Waals surface area (Å²) in [5.41, 5.74) is 1.81. The Hall–Kier alpha value is -1.42. The molecule has 0 aliphatic carbocycles. The molecule has 2 rings (SSSR count). The van der Waals surface area contributed by atoms with Crippen LogP contribution < -0.4 is 9.47 Å². The van der Waals surface area contributed by atoms with Crippen LogP contribution in [0.2, 0.25) is 0 Å². The van der Waals surface area contributed by atoms with Crippen LogP contribution in [0.4, 0.5) is 0 Å². The van der Waals surface area contributed by atoms with Crippen LogP contribution in [0.25, 0.3) is 0 Å². The summed E-state index contributed by atoms with van der Waals surface area (Å²) in [7, 11) is 3.23. The van der Waals surface area contributed by atoms with E-state index in [0.717, 1.165) is 28.9 Å². The topological polar surface area (TPSA) is 35.5 Å². The number of carbonyl (C=O) groups excluding carboxylic acids is 1. The van der Waals surface area contributed by atoms with E-state index in [0.29, 0.717) is 0 Å². The number of ether oxygens (including phenoxy) is 2. The Morgan fingerprint density at radius 2 is 1.12 bits per heavy atom. The summed E-state index contributed by atoms with van der Waals surface area (Å²) >= 11 is 18.6. The second-order valence-corrected chi connectivity index (χ2v) is 7.13. The van der Waals surface area contributed by atoms with E-state index in [1.807, 2.05) is 48.5 Å². The molecule has 0 bridgehead atoms. The van der Waals surface area contributed by atoms with Gasteiger partial charge in [-0.2, -0.15) is 0 Å². The smallest absolute Gasteiger partial charge is 0.201 e. The molecule has 0 aromatic heterocycles. The minimum Gasteiger partial charge on any atom is -0.497 e. The van der Waals surface area contributed by atoms with Crippen molar-refractivity contribution in [3.05, 3.63) is 59.7 Å². The largest absolute Gasteiger partial charge is 0.497 e. The first-order valence-electron chi connectivity index (χ1n) is 7.11. The van der Waals surface area contributed by atoms with E-state index in [1.165, 1.54) is 6.92 Å². The van der Waals surface area contributed by atoms with Gasteiger partial charge in [0.25, 0.3) is 0 Å². The Morgan fingerprint density at radius 3 is 1.33 bits per heavy atom. The second-order valence-electron chi connectivity index (χ2n) is 4.76. The van der Waals surface area contributed by atoms with E-state index in [4.69, 9.17) is 49.1 Å². The maximum absolute atomic E-state index is 8.81. The summed E-state index contributed by atoms with van der Waals surface area (Å²) in [5, 5.41) is 0. The highest BCUT2D eigenvalue weighted by Crippen LogP contribution is 2.46. The molecule has 2 aromatic rings. The summed E-state index contributed by atoms with van der Waals surface area (Å²) in [6.07, 6.45) is 0.750. The number of hydrogen-bond acceptors (Lipinski definition) is 3. The standard InChI is InChI=1S/C16H15Cl3O2.C2H4O/c1-20-13-7-3-11(4-8-13)15(16(17,18)19)12-5-9-14(21-2)10-6-12;1-2-3/h3-10,15H,1-2H3;2H,1H3. The van der Waals surface area contributed by atoms with E-state index >= 15 is 0 Å². The van der Waals surface area contributed by atoms with E-state index in [9.17, 15) is 0 Å². The van der Waals surface area contributed by atoms with Crippen molar-refractivity contribution >= 4 is 41.1 Å². The number of rotatable bonds is 4. The van der Waals surface area contributed by atoms with Crippen molar-refractivity contribution in [2.75, 3.05) is 14.2 Å². The maximum Gasteiger partial charge on any atom is 0.201 e. The molecule has 0 unspecified atom stereocenters. The monoisotopic (exact) mass is 388 g/mol. The summed E-state index contributed by atoms with van der Waals surface area (Å²) in [5.74, 6) is 1.15. The van der Waals surface area contributed by atoms with Gasteiger partial charge in [-0.15, -0.1) is 0 Å². The van der Waals surface area contributed by atoms with Gasteiger partial charge in [0.2, 0.25) is 3.79 Å². The minimum absolute atomic E-state index is 0.376. The lowest BCUT2D eigenvalue weighted by Crippen LogP contribution is -2.18. The molecule has 130 valence electrons. The van der Waals surface area contributed by atoms with Crippen LogP contribution in [0.15, 0.2) is 48.5 Å². The van der Waals surface area contributed by atoms with Gasteiger partial charge in [0, 0.05) is 0 Å². The van der Waals surface area contributed by atoms with Gasteiger partial charge >= 0.3 is 0 Å². The van der Waals surface area contributed by atoms with E-state index in [2.05, 4.69) is 0 Å². The quantitative estimate of drug-likeness (QED) is 0.518.